The molecule has 0 spiro atoms. The number of carbonyl (C=O) groups excluding carboxylic acids is 2. The van der Waals surface area contributed by atoms with Crippen molar-refractivity contribution in [3.8, 4) is 5.82 Å². The van der Waals surface area contributed by atoms with Gasteiger partial charge < -0.3 is 15.5 Å². The summed E-state index contributed by atoms with van der Waals surface area (Å²) in [4.78, 5) is 39.7. The molecule has 0 aliphatic carbocycles. The Kier molecular flexibility index (Phi) is 6.16. The van der Waals surface area contributed by atoms with E-state index in [9.17, 15) is 9.59 Å². The van der Waals surface area contributed by atoms with Gasteiger partial charge in [0.1, 0.15) is 23.3 Å². The molecule has 0 radical (unpaired) electrons. The molecule has 1 aliphatic heterocycles. The number of carbonyl (C=O) groups is 2. The molecular weight excluding hydrogens is 406 g/mol. The SMILES string of the molecule is Cc1ccc(N2C[C@@H](C(=O)NCCNc3cc(-n4ccnc4C)nc(C)n3)CC2=O)cc1. The van der Waals surface area contributed by atoms with Gasteiger partial charge in [-0.25, -0.2) is 15.0 Å². The van der Waals surface area contributed by atoms with Crippen LogP contribution in [0.1, 0.15) is 23.6 Å². The zero-order valence-corrected chi connectivity index (χ0v) is 18.5. The third-order valence-electron chi connectivity index (χ3n) is 5.47. The number of hydrogen-bond acceptors (Lipinski definition) is 6. The highest BCUT2D eigenvalue weighted by atomic mass is 16.2. The minimum atomic E-state index is -0.346. The lowest BCUT2D eigenvalue weighted by Crippen LogP contribution is -2.35. The van der Waals surface area contributed by atoms with Gasteiger partial charge in [-0.15, -0.1) is 0 Å². The molecular formula is C23H27N7O2. The van der Waals surface area contributed by atoms with Crippen LogP contribution in [0.25, 0.3) is 5.82 Å². The molecule has 0 bridgehead atoms. The van der Waals surface area contributed by atoms with Gasteiger partial charge in [0, 0.05) is 50.2 Å². The standard InChI is InChI=1S/C23H27N7O2/c1-15-4-6-19(7-5-15)30-14-18(12-22(30)31)23(32)26-9-8-25-20-13-21(28-16(2)27-20)29-11-10-24-17(29)3/h4-7,10-11,13,18H,8-9,12,14H2,1-3H3,(H,26,32)(H,25,27,28)/t18-/m0/s1. The van der Waals surface area contributed by atoms with Crippen LogP contribution in [0.3, 0.4) is 0 Å². The fraction of sp³-hybridized carbons (Fsp3) is 0.348. The van der Waals surface area contributed by atoms with E-state index in [-0.39, 0.29) is 24.2 Å². The predicted octanol–water partition coefficient (Wildman–Crippen LogP) is 2.17. The van der Waals surface area contributed by atoms with E-state index in [1.165, 1.54) is 0 Å². The smallest absolute Gasteiger partial charge is 0.227 e. The number of imidazole rings is 1. The summed E-state index contributed by atoms with van der Waals surface area (Å²) in [6.45, 7) is 7.08. The maximum atomic E-state index is 12.6. The Bertz CT molecular complexity index is 1120. The Hall–Kier alpha value is -3.75. The molecule has 3 heterocycles. The van der Waals surface area contributed by atoms with Gasteiger partial charge in [0.25, 0.3) is 0 Å². The molecule has 1 atom stereocenters. The molecule has 3 aromatic rings. The van der Waals surface area contributed by atoms with E-state index >= 15 is 0 Å². The van der Waals surface area contributed by atoms with Crippen molar-refractivity contribution in [2.24, 2.45) is 5.92 Å². The van der Waals surface area contributed by atoms with Gasteiger partial charge >= 0.3 is 0 Å². The van der Waals surface area contributed by atoms with Crippen LogP contribution in [-0.4, -0.2) is 51.0 Å². The lowest BCUT2D eigenvalue weighted by atomic mass is 10.1. The molecule has 9 heteroatoms. The molecule has 1 saturated heterocycles. The highest BCUT2D eigenvalue weighted by Crippen LogP contribution is 2.25. The first-order valence-electron chi connectivity index (χ1n) is 10.7. The topological polar surface area (TPSA) is 105 Å². The van der Waals surface area contributed by atoms with Crippen LogP contribution >= 0.6 is 0 Å². The second kappa shape index (κ2) is 9.17. The summed E-state index contributed by atoms with van der Waals surface area (Å²) in [6, 6.07) is 9.62. The summed E-state index contributed by atoms with van der Waals surface area (Å²) < 4.78 is 1.89. The van der Waals surface area contributed by atoms with Gasteiger partial charge in [-0.3, -0.25) is 14.2 Å². The van der Waals surface area contributed by atoms with Crippen LogP contribution in [0.15, 0.2) is 42.7 Å². The monoisotopic (exact) mass is 433 g/mol. The van der Waals surface area contributed by atoms with Gasteiger partial charge in [0.2, 0.25) is 11.8 Å². The molecule has 1 aromatic carbocycles. The normalized spacial score (nSPS) is 15.8. The van der Waals surface area contributed by atoms with Crippen LogP contribution in [0.2, 0.25) is 0 Å². The van der Waals surface area contributed by atoms with E-state index in [2.05, 4.69) is 25.6 Å². The predicted molar refractivity (Wildman–Crippen MR) is 122 cm³/mol. The zero-order valence-electron chi connectivity index (χ0n) is 18.5. The second-order valence-electron chi connectivity index (χ2n) is 7.96. The number of aromatic nitrogens is 4. The van der Waals surface area contributed by atoms with E-state index in [1.54, 1.807) is 11.1 Å². The van der Waals surface area contributed by atoms with Gasteiger partial charge in [-0.2, -0.15) is 0 Å². The Balaban J connectivity index is 1.28. The minimum absolute atomic E-state index is 0.0223. The van der Waals surface area contributed by atoms with Crippen molar-refractivity contribution in [1.29, 1.82) is 0 Å². The molecule has 2 amide bonds. The first kappa shape index (κ1) is 21.5. The second-order valence-corrected chi connectivity index (χ2v) is 7.96. The van der Waals surface area contributed by atoms with Crippen molar-refractivity contribution >= 4 is 23.3 Å². The fourth-order valence-corrected chi connectivity index (χ4v) is 3.76. The van der Waals surface area contributed by atoms with Crippen LogP contribution in [0, 0.1) is 26.7 Å². The minimum Gasteiger partial charge on any atom is -0.368 e. The molecule has 9 nitrogen and oxygen atoms in total. The summed E-state index contributed by atoms with van der Waals surface area (Å²) in [5.41, 5.74) is 1.97. The molecule has 2 aromatic heterocycles. The first-order chi connectivity index (χ1) is 15.4. The summed E-state index contributed by atoms with van der Waals surface area (Å²) in [5, 5.41) is 6.15. The van der Waals surface area contributed by atoms with E-state index in [1.807, 2.05) is 61.9 Å². The number of rotatable bonds is 7. The maximum Gasteiger partial charge on any atom is 0.227 e. The quantitative estimate of drug-likeness (QED) is 0.554. The van der Waals surface area contributed by atoms with Crippen molar-refractivity contribution in [1.82, 2.24) is 24.8 Å². The Labute approximate surface area is 186 Å². The van der Waals surface area contributed by atoms with Crippen molar-refractivity contribution in [3.05, 3.63) is 59.9 Å². The Morgan fingerprint density at radius 3 is 2.62 bits per heavy atom. The fourth-order valence-electron chi connectivity index (χ4n) is 3.76. The lowest BCUT2D eigenvalue weighted by molar-refractivity contribution is -0.126. The van der Waals surface area contributed by atoms with Crippen molar-refractivity contribution < 1.29 is 9.59 Å². The average molecular weight is 434 g/mol. The number of nitrogens with zero attached hydrogens (tertiary/aromatic N) is 5. The molecule has 0 saturated carbocycles. The lowest BCUT2D eigenvalue weighted by Gasteiger charge is -2.17. The van der Waals surface area contributed by atoms with E-state index in [0.717, 1.165) is 22.9 Å². The van der Waals surface area contributed by atoms with Crippen LogP contribution in [0.4, 0.5) is 11.5 Å². The molecule has 166 valence electrons. The third-order valence-corrected chi connectivity index (χ3v) is 5.47. The van der Waals surface area contributed by atoms with Crippen LogP contribution < -0.4 is 15.5 Å². The average Bonchev–Trinajstić information content (AvgIpc) is 3.37. The number of nitrogens with one attached hydrogen (secondary N) is 2. The molecule has 1 aliphatic rings. The largest absolute Gasteiger partial charge is 0.368 e. The van der Waals surface area contributed by atoms with Gasteiger partial charge in [0.15, 0.2) is 0 Å². The van der Waals surface area contributed by atoms with Crippen molar-refractivity contribution in [2.75, 3.05) is 29.9 Å². The summed E-state index contributed by atoms with van der Waals surface area (Å²) in [7, 11) is 0. The molecule has 1 fully saturated rings. The number of amides is 2. The summed E-state index contributed by atoms with van der Waals surface area (Å²) in [6.07, 6.45) is 3.80. The Morgan fingerprint density at radius 2 is 1.91 bits per heavy atom. The molecule has 0 unspecified atom stereocenters. The molecule has 32 heavy (non-hydrogen) atoms. The van der Waals surface area contributed by atoms with Crippen LogP contribution in [-0.2, 0) is 9.59 Å². The third kappa shape index (κ3) is 4.77. The summed E-state index contributed by atoms with van der Waals surface area (Å²) >= 11 is 0. The molecule has 2 N–H and O–H groups in total. The van der Waals surface area contributed by atoms with E-state index < -0.39 is 0 Å². The first-order valence-corrected chi connectivity index (χ1v) is 10.7. The van der Waals surface area contributed by atoms with Crippen molar-refractivity contribution in [2.45, 2.75) is 27.2 Å². The van der Waals surface area contributed by atoms with E-state index in [0.29, 0.717) is 31.3 Å². The number of anilines is 2. The zero-order chi connectivity index (χ0) is 22.7. The maximum absolute atomic E-state index is 12.6. The number of hydrogen-bond donors (Lipinski definition) is 2. The highest BCUT2D eigenvalue weighted by molar-refractivity contribution is 6.00. The highest BCUT2D eigenvalue weighted by Gasteiger charge is 2.34. The number of aryl methyl sites for hydroxylation is 3. The van der Waals surface area contributed by atoms with Gasteiger partial charge in [-0.05, 0) is 32.9 Å². The molecule has 4 rings (SSSR count). The Morgan fingerprint density at radius 1 is 1.12 bits per heavy atom. The van der Waals surface area contributed by atoms with Crippen LogP contribution in [0.5, 0.6) is 0 Å². The van der Waals surface area contributed by atoms with Crippen molar-refractivity contribution in [3.63, 3.8) is 0 Å². The van der Waals surface area contributed by atoms with Gasteiger partial charge in [0.05, 0.1) is 5.92 Å². The summed E-state index contributed by atoms with van der Waals surface area (Å²) in [5.74, 6) is 2.42. The van der Waals surface area contributed by atoms with Gasteiger partial charge in [-0.1, -0.05) is 17.7 Å². The number of benzene rings is 1. The van der Waals surface area contributed by atoms with E-state index in [4.69, 9.17) is 0 Å².